The summed E-state index contributed by atoms with van der Waals surface area (Å²) in [4.78, 5) is 41.5. The zero-order valence-corrected chi connectivity index (χ0v) is 21.2. The minimum absolute atomic E-state index is 0.0385. The number of carbonyl (C=O) groups excluding carboxylic acids is 2. The van der Waals surface area contributed by atoms with Crippen LogP contribution < -0.4 is 10.2 Å². The number of nitrogens with zero attached hydrogens (tertiary/aromatic N) is 5. The van der Waals surface area contributed by atoms with Crippen LogP contribution in [0.3, 0.4) is 0 Å². The molecule has 1 aliphatic carbocycles. The number of Topliss-reactive ketones (excluding diaryl/α,β-unsaturated/α-hetero) is 1. The Balaban J connectivity index is 1.55. The van der Waals surface area contributed by atoms with Crippen LogP contribution in [0.5, 0.6) is 0 Å². The van der Waals surface area contributed by atoms with Crippen LogP contribution in [0.15, 0.2) is 61.4 Å². The lowest BCUT2D eigenvalue weighted by Crippen LogP contribution is -2.40. The molecular weight excluding hydrogens is 525 g/mol. The van der Waals surface area contributed by atoms with Crippen LogP contribution in [0.1, 0.15) is 57.0 Å². The largest absolute Gasteiger partial charge is 0.416 e. The molecule has 2 fully saturated rings. The maximum Gasteiger partial charge on any atom is 0.416 e. The van der Waals surface area contributed by atoms with Crippen LogP contribution >= 0.6 is 0 Å². The number of benzene rings is 1. The minimum Gasteiger partial charge on any atom is -0.392 e. The number of aliphatic hydroxyl groups is 1. The third-order valence-electron chi connectivity index (χ3n) is 7.32. The van der Waals surface area contributed by atoms with Gasteiger partial charge >= 0.3 is 6.18 Å². The van der Waals surface area contributed by atoms with Crippen molar-refractivity contribution in [1.29, 1.82) is 0 Å². The van der Waals surface area contributed by atoms with Crippen molar-refractivity contribution in [2.75, 3.05) is 18.0 Å². The molecule has 2 aliphatic rings. The number of halogens is 3. The van der Waals surface area contributed by atoms with E-state index in [1.165, 1.54) is 18.7 Å². The molecular formula is C28H25F3N6O3. The first-order valence-corrected chi connectivity index (χ1v) is 12.9. The Hall–Kier alpha value is -4.16. The number of pyridine rings is 1. The van der Waals surface area contributed by atoms with Crippen molar-refractivity contribution < 1.29 is 27.9 Å². The number of aliphatic hydroxyl groups excluding tert-OH is 1. The molecule has 2 unspecified atom stereocenters. The number of piperidine rings is 1. The number of aromatic nitrogens is 4. The van der Waals surface area contributed by atoms with Crippen molar-refractivity contribution in [2.24, 2.45) is 5.92 Å². The Morgan fingerprint density at radius 3 is 2.62 bits per heavy atom. The maximum atomic E-state index is 14.5. The number of β-amino-alcohol motifs (C(OH)–C–C–N with tert-alkyl or cyclic N) is 1. The predicted molar refractivity (Wildman–Crippen MR) is 138 cm³/mol. The number of rotatable bonds is 6. The second-order valence-corrected chi connectivity index (χ2v) is 10.1. The smallest absolute Gasteiger partial charge is 0.392 e. The molecule has 1 saturated carbocycles. The molecule has 206 valence electrons. The first-order valence-electron chi connectivity index (χ1n) is 12.9. The number of carbonyl (C=O) groups is 2. The SMILES string of the molecule is O=C(c1cccc(C(=O)N(c2cc(C(F)(F)F)ccn2)c2ncn3ccncc23)c1C1CNCC(O)C1)C1CC1. The summed E-state index contributed by atoms with van der Waals surface area (Å²) in [5.41, 5.74) is 0.388. The zero-order chi connectivity index (χ0) is 28.0. The van der Waals surface area contributed by atoms with Gasteiger partial charge in [0, 0.05) is 54.6 Å². The van der Waals surface area contributed by atoms with E-state index >= 15 is 0 Å². The van der Waals surface area contributed by atoms with Crippen molar-refractivity contribution in [3.63, 3.8) is 0 Å². The molecule has 0 radical (unpaired) electrons. The lowest BCUT2D eigenvalue weighted by molar-refractivity contribution is -0.137. The van der Waals surface area contributed by atoms with Crippen molar-refractivity contribution in [1.82, 2.24) is 24.7 Å². The molecule has 9 nitrogen and oxygen atoms in total. The maximum absolute atomic E-state index is 14.5. The molecule has 1 saturated heterocycles. The van der Waals surface area contributed by atoms with E-state index in [9.17, 15) is 27.9 Å². The van der Waals surface area contributed by atoms with E-state index in [0.29, 0.717) is 36.2 Å². The highest BCUT2D eigenvalue weighted by Gasteiger charge is 2.38. The summed E-state index contributed by atoms with van der Waals surface area (Å²) in [6, 6.07) is 6.46. The van der Waals surface area contributed by atoms with Gasteiger partial charge in [-0.1, -0.05) is 12.1 Å². The number of nitrogens with one attached hydrogen (secondary N) is 1. The van der Waals surface area contributed by atoms with Crippen LogP contribution in [0.2, 0.25) is 0 Å². The summed E-state index contributed by atoms with van der Waals surface area (Å²) in [6.45, 7) is 0.803. The molecule has 2 N–H and O–H groups in total. The van der Waals surface area contributed by atoms with Crippen LogP contribution in [0, 0.1) is 5.92 Å². The fraction of sp³-hybridized carbons (Fsp3) is 0.321. The number of amides is 1. The fourth-order valence-electron chi connectivity index (χ4n) is 5.26. The van der Waals surface area contributed by atoms with E-state index in [4.69, 9.17) is 0 Å². The first-order chi connectivity index (χ1) is 19.2. The number of hydrogen-bond donors (Lipinski definition) is 2. The van der Waals surface area contributed by atoms with Gasteiger partial charge in [-0.15, -0.1) is 0 Å². The van der Waals surface area contributed by atoms with E-state index < -0.39 is 23.8 Å². The number of fused-ring (bicyclic) bond motifs is 1. The van der Waals surface area contributed by atoms with Crippen LogP contribution in [0.4, 0.5) is 24.8 Å². The highest BCUT2D eigenvalue weighted by atomic mass is 19.4. The highest BCUT2D eigenvalue weighted by molar-refractivity contribution is 6.14. The van der Waals surface area contributed by atoms with E-state index in [0.717, 1.165) is 36.1 Å². The fourth-order valence-corrected chi connectivity index (χ4v) is 5.26. The number of hydrogen-bond acceptors (Lipinski definition) is 7. The summed E-state index contributed by atoms with van der Waals surface area (Å²) in [5, 5.41) is 13.6. The van der Waals surface area contributed by atoms with Gasteiger partial charge in [0.1, 0.15) is 17.7 Å². The molecule has 4 aromatic rings. The Kier molecular flexibility index (Phi) is 6.59. The standard InChI is InChI=1S/C28H25F3N6O3/c29-28(30,31)18-6-7-34-23(11-18)37(26-22-14-32-8-9-36(22)15-35-26)27(40)21-3-1-2-20(25(39)16-4-5-16)24(21)17-10-19(38)13-33-12-17/h1-3,6-9,11,14-17,19,33,38H,4-5,10,12-13H2. The van der Waals surface area contributed by atoms with Gasteiger partial charge in [0.15, 0.2) is 11.6 Å². The summed E-state index contributed by atoms with van der Waals surface area (Å²) in [6.07, 6.45) is 3.47. The minimum atomic E-state index is -4.67. The van der Waals surface area contributed by atoms with Crippen molar-refractivity contribution in [2.45, 2.75) is 37.5 Å². The van der Waals surface area contributed by atoms with Crippen LogP contribution in [-0.4, -0.2) is 55.3 Å². The molecule has 12 heteroatoms. The van der Waals surface area contributed by atoms with Crippen LogP contribution in [0.25, 0.3) is 5.52 Å². The average Bonchev–Trinajstić information content (AvgIpc) is 3.72. The molecule has 6 rings (SSSR count). The molecule has 4 heterocycles. The summed E-state index contributed by atoms with van der Waals surface area (Å²) in [5.74, 6) is -1.53. The van der Waals surface area contributed by atoms with E-state index in [1.54, 1.807) is 28.8 Å². The normalized spacial score (nSPS) is 19.5. The van der Waals surface area contributed by atoms with Gasteiger partial charge in [-0.05, 0) is 43.0 Å². The summed E-state index contributed by atoms with van der Waals surface area (Å²) in [7, 11) is 0. The van der Waals surface area contributed by atoms with Crippen LogP contribution in [-0.2, 0) is 6.18 Å². The third kappa shape index (κ3) is 4.84. The lowest BCUT2D eigenvalue weighted by atomic mass is 9.82. The summed E-state index contributed by atoms with van der Waals surface area (Å²) < 4.78 is 42.7. The third-order valence-corrected chi connectivity index (χ3v) is 7.32. The molecule has 1 amide bonds. The van der Waals surface area contributed by atoms with E-state index in [2.05, 4.69) is 20.3 Å². The van der Waals surface area contributed by atoms with Gasteiger partial charge in [-0.2, -0.15) is 13.2 Å². The van der Waals surface area contributed by atoms with Crippen molar-refractivity contribution in [3.05, 3.63) is 83.7 Å². The molecule has 0 spiro atoms. The van der Waals surface area contributed by atoms with Gasteiger partial charge in [0.2, 0.25) is 0 Å². The Morgan fingerprint density at radius 2 is 1.88 bits per heavy atom. The van der Waals surface area contributed by atoms with Gasteiger partial charge in [0.25, 0.3) is 5.91 Å². The lowest BCUT2D eigenvalue weighted by Gasteiger charge is -2.31. The van der Waals surface area contributed by atoms with Gasteiger partial charge in [0.05, 0.1) is 17.9 Å². The van der Waals surface area contributed by atoms with E-state index in [1.807, 2.05) is 0 Å². The van der Waals surface area contributed by atoms with Gasteiger partial charge < -0.3 is 14.8 Å². The molecule has 1 aromatic carbocycles. The van der Waals surface area contributed by atoms with Crippen molar-refractivity contribution >= 4 is 28.8 Å². The molecule has 2 atom stereocenters. The molecule has 40 heavy (non-hydrogen) atoms. The molecule has 3 aromatic heterocycles. The number of imidazole rings is 1. The predicted octanol–water partition coefficient (Wildman–Crippen LogP) is 4.15. The summed E-state index contributed by atoms with van der Waals surface area (Å²) >= 11 is 0. The second kappa shape index (κ2) is 10.1. The number of alkyl halides is 3. The Bertz CT molecular complexity index is 1600. The second-order valence-electron chi connectivity index (χ2n) is 10.1. The average molecular weight is 551 g/mol. The van der Waals surface area contributed by atoms with Gasteiger partial charge in [-0.25, -0.2) is 14.9 Å². The zero-order valence-electron chi connectivity index (χ0n) is 21.2. The first kappa shape index (κ1) is 26.1. The van der Waals surface area contributed by atoms with Crippen molar-refractivity contribution in [3.8, 4) is 0 Å². The highest BCUT2D eigenvalue weighted by Crippen LogP contribution is 2.39. The topological polar surface area (TPSA) is 113 Å². The Labute approximate surface area is 226 Å². The Morgan fingerprint density at radius 1 is 1.07 bits per heavy atom. The number of anilines is 2. The molecule has 1 aliphatic heterocycles. The van der Waals surface area contributed by atoms with E-state index in [-0.39, 0.29) is 34.8 Å². The number of ketones is 1. The molecule has 0 bridgehead atoms. The quantitative estimate of drug-likeness (QED) is 0.347. The monoisotopic (exact) mass is 550 g/mol. The van der Waals surface area contributed by atoms with Gasteiger partial charge in [-0.3, -0.25) is 14.6 Å².